The van der Waals surface area contributed by atoms with E-state index in [-0.39, 0.29) is 12.0 Å². The molecule has 0 aliphatic carbocycles. The minimum absolute atomic E-state index is 0.0852. The van der Waals surface area contributed by atoms with E-state index in [0.29, 0.717) is 24.5 Å². The van der Waals surface area contributed by atoms with Crippen molar-refractivity contribution in [1.29, 1.82) is 0 Å². The molecule has 0 radical (unpaired) electrons. The van der Waals surface area contributed by atoms with E-state index in [9.17, 15) is 4.79 Å². The van der Waals surface area contributed by atoms with Crippen molar-refractivity contribution in [3.05, 3.63) is 48.3 Å². The van der Waals surface area contributed by atoms with E-state index in [1.54, 1.807) is 18.3 Å². The summed E-state index contributed by atoms with van der Waals surface area (Å²) in [6, 6.07) is 9.16. The van der Waals surface area contributed by atoms with Gasteiger partial charge < -0.3 is 14.8 Å². The fraction of sp³-hybridized carbons (Fsp3) is 0.444. The molecule has 1 atom stereocenters. The minimum Gasteiger partial charge on any atom is -0.491 e. The minimum atomic E-state index is -0.0852. The number of carbonyl (C=O) groups excluding carboxylic acids is 1. The SMILES string of the molecule is O=C(NCCCn1cccn1)c1cccc(OCC2CCCO2)c1. The second-order valence-electron chi connectivity index (χ2n) is 5.85. The van der Waals surface area contributed by atoms with Crippen LogP contribution >= 0.6 is 0 Å². The lowest BCUT2D eigenvalue weighted by Crippen LogP contribution is -2.25. The molecule has 1 aliphatic heterocycles. The average Bonchev–Trinajstić information content (AvgIpc) is 3.30. The van der Waals surface area contributed by atoms with Gasteiger partial charge in [0.1, 0.15) is 12.4 Å². The topological polar surface area (TPSA) is 65.4 Å². The quantitative estimate of drug-likeness (QED) is 0.755. The average molecular weight is 329 g/mol. The van der Waals surface area contributed by atoms with Crippen molar-refractivity contribution in [1.82, 2.24) is 15.1 Å². The lowest BCUT2D eigenvalue weighted by molar-refractivity contribution is 0.0679. The Balaban J connectivity index is 1.42. The van der Waals surface area contributed by atoms with Crippen LogP contribution < -0.4 is 10.1 Å². The summed E-state index contributed by atoms with van der Waals surface area (Å²) in [6.45, 7) is 2.75. The van der Waals surface area contributed by atoms with Gasteiger partial charge in [0, 0.05) is 37.7 Å². The van der Waals surface area contributed by atoms with E-state index in [4.69, 9.17) is 9.47 Å². The lowest BCUT2D eigenvalue weighted by Gasteiger charge is -2.12. The monoisotopic (exact) mass is 329 g/mol. The fourth-order valence-corrected chi connectivity index (χ4v) is 2.67. The first-order valence-electron chi connectivity index (χ1n) is 8.41. The molecule has 1 aromatic carbocycles. The highest BCUT2D eigenvalue weighted by atomic mass is 16.5. The van der Waals surface area contributed by atoms with Crippen LogP contribution in [-0.2, 0) is 11.3 Å². The van der Waals surface area contributed by atoms with Gasteiger partial charge in [-0.05, 0) is 43.5 Å². The summed E-state index contributed by atoms with van der Waals surface area (Å²) in [7, 11) is 0. The molecule has 1 saturated heterocycles. The molecule has 128 valence electrons. The van der Waals surface area contributed by atoms with Crippen LogP contribution in [0.5, 0.6) is 5.75 Å². The van der Waals surface area contributed by atoms with Gasteiger partial charge in [0.05, 0.1) is 6.10 Å². The first-order chi connectivity index (χ1) is 11.8. The summed E-state index contributed by atoms with van der Waals surface area (Å²) in [5.41, 5.74) is 0.610. The van der Waals surface area contributed by atoms with Crippen molar-refractivity contribution in [3.8, 4) is 5.75 Å². The smallest absolute Gasteiger partial charge is 0.251 e. The van der Waals surface area contributed by atoms with Gasteiger partial charge in [-0.3, -0.25) is 9.48 Å². The molecule has 1 aliphatic rings. The summed E-state index contributed by atoms with van der Waals surface area (Å²) in [6.07, 6.45) is 6.80. The molecule has 24 heavy (non-hydrogen) atoms. The third-order valence-electron chi connectivity index (χ3n) is 3.96. The van der Waals surface area contributed by atoms with Crippen LogP contribution in [0, 0.1) is 0 Å². The van der Waals surface area contributed by atoms with Gasteiger partial charge in [-0.15, -0.1) is 0 Å². The Bertz CT molecular complexity index is 637. The highest BCUT2D eigenvalue weighted by molar-refractivity contribution is 5.94. The molecular weight excluding hydrogens is 306 g/mol. The summed E-state index contributed by atoms with van der Waals surface area (Å²) in [5, 5.41) is 7.06. The van der Waals surface area contributed by atoms with Crippen LogP contribution in [0.3, 0.4) is 0 Å². The van der Waals surface area contributed by atoms with Crippen LogP contribution in [-0.4, -0.2) is 41.6 Å². The Kier molecular flexibility index (Phi) is 5.85. The molecule has 1 aromatic heterocycles. The molecule has 2 aromatic rings. The summed E-state index contributed by atoms with van der Waals surface area (Å²) < 4.78 is 13.1. The Morgan fingerprint density at radius 1 is 1.42 bits per heavy atom. The van der Waals surface area contributed by atoms with Gasteiger partial charge in [0.15, 0.2) is 0 Å². The van der Waals surface area contributed by atoms with Crippen LogP contribution in [0.1, 0.15) is 29.6 Å². The van der Waals surface area contributed by atoms with E-state index in [2.05, 4.69) is 10.4 Å². The van der Waals surface area contributed by atoms with Gasteiger partial charge >= 0.3 is 0 Å². The van der Waals surface area contributed by atoms with Crippen molar-refractivity contribution in [3.63, 3.8) is 0 Å². The van der Waals surface area contributed by atoms with Gasteiger partial charge in [0.25, 0.3) is 5.91 Å². The van der Waals surface area contributed by atoms with Crippen molar-refractivity contribution >= 4 is 5.91 Å². The van der Waals surface area contributed by atoms with Crippen molar-refractivity contribution in [2.45, 2.75) is 31.9 Å². The molecule has 6 heteroatoms. The molecule has 2 heterocycles. The number of amides is 1. The molecule has 1 unspecified atom stereocenters. The Morgan fingerprint density at radius 3 is 3.17 bits per heavy atom. The zero-order valence-electron chi connectivity index (χ0n) is 13.7. The number of rotatable bonds is 8. The maximum atomic E-state index is 12.2. The maximum absolute atomic E-state index is 12.2. The Labute approximate surface area is 141 Å². The van der Waals surface area contributed by atoms with Gasteiger partial charge in [-0.2, -0.15) is 5.10 Å². The first kappa shape index (κ1) is 16.5. The van der Waals surface area contributed by atoms with Crippen LogP contribution in [0.15, 0.2) is 42.7 Å². The summed E-state index contributed by atoms with van der Waals surface area (Å²) >= 11 is 0. The van der Waals surface area contributed by atoms with Crippen LogP contribution in [0.2, 0.25) is 0 Å². The molecule has 0 saturated carbocycles. The number of carbonyl (C=O) groups is 1. The van der Waals surface area contributed by atoms with Crippen molar-refractivity contribution in [2.75, 3.05) is 19.8 Å². The number of benzene rings is 1. The fourth-order valence-electron chi connectivity index (χ4n) is 2.67. The molecule has 1 N–H and O–H groups in total. The second kappa shape index (κ2) is 8.49. The van der Waals surface area contributed by atoms with Gasteiger partial charge in [0.2, 0.25) is 0 Å². The molecule has 3 rings (SSSR count). The number of nitrogens with one attached hydrogen (secondary N) is 1. The van der Waals surface area contributed by atoms with E-state index in [0.717, 1.165) is 32.4 Å². The maximum Gasteiger partial charge on any atom is 0.251 e. The lowest BCUT2D eigenvalue weighted by atomic mass is 10.2. The third kappa shape index (κ3) is 4.83. The Hall–Kier alpha value is -2.34. The molecule has 0 bridgehead atoms. The van der Waals surface area contributed by atoms with Crippen molar-refractivity contribution < 1.29 is 14.3 Å². The number of hydrogen-bond acceptors (Lipinski definition) is 4. The normalized spacial score (nSPS) is 16.9. The molecule has 1 fully saturated rings. The Morgan fingerprint density at radius 2 is 2.38 bits per heavy atom. The highest BCUT2D eigenvalue weighted by Gasteiger charge is 2.16. The summed E-state index contributed by atoms with van der Waals surface area (Å²) in [5.74, 6) is 0.618. The van der Waals surface area contributed by atoms with Crippen LogP contribution in [0.4, 0.5) is 0 Å². The van der Waals surface area contributed by atoms with E-state index < -0.39 is 0 Å². The van der Waals surface area contributed by atoms with E-state index in [1.165, 1.54) is 0 Å². The molecule has 1 amide bonds. The molecule has 6 nitrogen and oxygen atoms in total. The standard InChI is InChI=1S/C18H23N3O3/c22-18(19-8-3-10-21-11-4-9-20-21)15-5-1-6-16(13-15)24-14-17-7-2-12-23-17/h1,4-6,9,11,13,17H,2-3,7-8,10,12,14H2,(H,19,22). The third-order valence-corrected chi connectivity index (χ3v) is 3.96. The predicted octanol–water partition coefficient (Wildman–Crippen LogP) is 2.26. The molecule has 0 spiro atoms. The largest absolute Gasteiger partial charge is 0.491 e. The van der Waals surface area contributed by atoms with Crippen molar-refractivity contribution in [2.24, 2.45) is 0 Å². The highest BCUT2D eigenvalue weighted by Crippen LogP contribution is 2.17. The summed E-state index contributed by atoms with van der Waals surface area (Å²) in [4.78, 5) is 12.2. The van der Waals surface area contributed by atoms with Gasteiger partial charge in [-0.1, -0.05) is 6.07 Å². The number of aromatic nitrogens is 2. The van der Waals surface area contributed by atoms with E-state index in [1.807, 2.05) is 29.1 Å². The van der Waals surface area contributed by atoms with E-state index >= 15 is 0 Å². The second-order valence-corrected chi connectivity index (χ2v) is 5.85. The van der Waals surface area contributed by atoms with Gasteiger partial charge in [-0.25, -0.2) is 0 Å². The zero-order chi connectivity index (χ0) is 16.6. The number of nitrogens with zero attached hydrogens (tertiary/aromatic N) is 2. The number of aryl methyl sites for hydroxylation is 1. The number of hydrogen-bond donors (Lipinski definition) is 1. The van der Waals surface area contributed by atoms with Crippen LogP contribution in [0.25, 0.3) is 0 Å². The number of ether oxygens (including phenoxy) is 2. The zero-order valence-corrected chi connectivity index (χ0v) is 13.7. The predicted molar refractivity (Wildman–Crippen MR) is 90.1 cm³/mol. The first-order valence-corrected chi connectivity index (χ1v) is 8.41. The molecular formula is C18H23N3O3.